The Hall–Kier alpha value is -2.62. The lowest BCUT2D eigenvalue weighted by molar-refractivity contribution is -0.115. The zero-order chi connectivity index (χ0) is 17.9. The summed E-state index contributed by atoms with van der Waals surface area (Å²) in [6.45, 7) is 4.32. The Balaban J connectivity index is 1.62. The second-order valence-electron chi connectivity index (χ2n) is 6.99. The number of anilines is 1. The predicted octanol–water partition coefficient (Wildman–Crippen LogP) is 4.00. The standard InChI is InChI=1S/C21H23NO3/c1-3-19(23)22-18-10-6-9-15(11-18)20(24)25-14-21(2)12-16-7-4-5-8-17(16)13-21/h4-11H,3,12-14H2,1-2H3,(H,22,23). The third-order valence-corrected chi connectivity index (χ3v) is 4.61. The van der Waals surface area contributed by atoms with Gasteiger partial charge in [0, 0.05) is 17.5 Å². The van der Waals surface area contributed by atoms with Crippen LogP contribution in [-0.2, 0) is 22.4 Å². The first-order chi connectivity index (χ1) is 12.0. The normalized spacial score (nSPS) is 14.6. The molecule has 2 aromatic carbocycles. The summed E-state index contributed by atoms with van der Waals surface area (Å²) >= 11 is 0. The van der Waals surface area contributed by atoms with Crippen molar-refractivity contribution in [2.45, 2.75) is 33.1 Å². The molecule has 0 saturated heterocycles. The van der Waals surface area contributed by atoms with Crippen LogP contribution in [0, 0.1) is 5.41 Å². The first-order valence-electron chi connectivity index (χ1n) is 8.63. The van der Waals surface area contributed by atoms with Gasteiger partial charge in [0.2, 0.25) is 5.91 Å². The number of nitrogens with one attached hydrogen (secondary N) is 1. The molecule has 25 heavy (non-hydrogen) atoms. The van der Waals surface area contributed by atoms with Crippen LogP contribution in [0.2, 0.25) is 0 Å². The van der Waals surface area contributed by atoms with E-state index in [2.05, 4.69) is 24.4 Å². The van der Waals surface area contributed by atoms with E-state index in [-0.39, 0.29) is 17.3 Å². The molecule has 0 aromatic heterocycles. The van der Waals surface area contributed by atoms with Crippen LogP contribution >= 0.6 is 0 Å². The smallest absolute Gasteiger partial charge is 0.338 e. The Morgan fingerprint density at radius 2 is 1.76 bits per heavy atom. The minimum absolute atomic E-state index is 0.0621. The number of benzene rings is 2. The molecule has 0 saturated carbocycles. The monoisotopic (exact) mass is 337 g/mol. The Morgan fingerprint density at radius 1 is 1.08 bits per heavy atom. The van der Waals surface area contributed by atoms with Crippen LogP contribution in [-0.4, -0.2) is 18.5 Å². The van der Waals surface area contributed by atoms with Crippen molar-refractivity contribution in [2.75, 3.05) is 11.9 Å². The molecule has 1 aliphatic carbocycles. The lowest BCUT2D eigenvalue weighted by Gasteiger charge is -2.23. The summed E-state index contributed by atoms with van der Waals surface area (Å²) in [6.07, 6.45) is 2.24. The minimum Gasteiger partial charge on any atom is -0.461 e. The van der Waals surface area contributed by atoms with Crippen molar-refractivity contribution >= 4 is 17.6 Å². The summed E-state index contributed by atoms with van der Waals surface area (Å²) < 4.78 is 5.58. The Bertz CT molecular complexity index is 772. The quantitative estimate of drug-likeness (QED) is 0.839. The number of ether oxygens (including phenoxy) is 1. The maximum atomic E-state index is 12.4. The van der Waals surface area contributed by atoms with E-state index >= 15 is 0 Å². The van der Waals surface area contributed by atoms with Gasteiger partial charge in [-0.15, -0.1) is 0 Å². The van der Waals surface area contributed by atoms with Crippen molar-refractivity contribution in [2.24, 2.45) is 5.41 Å². The Kier molecular flexibility index (Phi) is 4.88. The van der Waals surface area contributed by atoms with Crippen molar-refractivity contribution in [3.63, 3.8) is 0 Å². The molecule has 3 rings (SSSR count). The molecule has 1 amide bonds. The van der Waals surface area contributed by atoms with Crippen molar-refractivity contribution in [1.29, 1.82) is 0 Å². The number of hydrogen-bond acceptors (Lipinski definition) is 3. The molecule has 2 aromatic rings. The van der Waals surface area contributed by atoms with E-state index in [9.17, 15) is 9.59 Å². The number of esters is 1. The highest BCUT2D eigenvalue weighted by Crippen LogP contribution is 2.36. The summed E-state index contributed by atoms with van der Waals surface area (Å²) in [7, 11) is 0. The van der Waals surface area contributed by atoms with Gasteiger partial charge in [-0.05, 0) is 42.2 Å². The largest absolute Gasteiger partial charge is 0.461 e. The number of carbonyl (C=O) groups is 2. The molecule has 4 nitrogen and oxygen atoms in total. The molecule has 1 N–H and O–H groups in total. The summed E-state index contributed by atoms with van der Waals surface area (Å²) in [5, 5.41) is 2.76. The fraction of sp³-hybridized carbons (Fsp3) is 0.333. The van der Waals surface area contributed by atoms with E-state index in [1.54, 1.807) is 31.2 Å². The van der Waals surface area contributed by atoms with Crippen LogP contribution in [0.1, 0.15) is 41.8 Å². The van der Waals surface area contributed by atoms with Crippen LogP contribution in [0.15, 0.2) is 48.5 Å². The molecule has 0 atom stereocenters. The summed E-state index contributed by atoms with van der Waals surface area (Å²) in [5.74, 6) is -0.438. The Morgan fingerprint density at radius 3 is 2.40 bits per heavy atom. The van der Waals surface area contributed by atoms with Gasteiger partial charge in [0.1, 0.15) is 0 Å². The van der Waals surface area contributed by atoms with Gasteiger partial charge < -0.3 is 10.1 Å². The average Bonchev–Trinajstić information content (AvgIpc) is 2.96. The molecule has 4 heteroatoms. The summed E-state index contributed by atoms with van der Waals surface area (Å²) in [5.41, 5.74) is 3.68. The lowest BCUT2D eigenvalue weighted by atomic mass is 9.88. The van der Waals surface area contributed by atoms with E-state index in [1.807, 2.05) is 12.1 Å². The Labute approximate surface area is 148 Å². The third-order valence-electron chi connectivity index (χ3n) is 4.61. The maximum absolute atomic E-state index is 12.4. The molecule has 0 spiro atoms. The highest BCUT2D eigenvalue weighted by Gasteiger charge is 2.34. The zero-order valence-corrected chi connectivity index (χ0v) is 14.7. The van der Waals surface area contributed by atoms with Crippen LogP contribution < -0.4 is 5.32 Å². The molecule has 0 unspecified atom stereocenters. The van der Waals surface area contributed by atoms with Gasteiger partial charge in [-0.25, -0.2) is 4.79 Å². The van der Waals surface area contributed by atoms with E-state index < -0.39 is 0 Å². The van der Waals surface area contributed by atoms with Crippen molar-refractivity contribution in [3.05, 3.63) is 65.2 Å². The first kappa shape index (κ1) is 17.2. The third kappa shape index (κ3) is 4.08. The second-order valence-corrected chi connectivity index (χ2v) is 6.99. The fourth-order valence-electron chi connectivity index (χ4n) is 3.28. The van der Waals surface area contributed by atoms with Crippen LogP contribution in [0.5, 0.6) is 0 Å². The van der Waals surface area contributed by atoms with Gasteiger partial charge in [0.25, 0.3) is 0 Å². The van der Waals surface area contributed by atoms with Gasteiger partial charge in [-0.2, -0.15) is 0 Å². The van der Waals surface area contributed by atoms with Crippen LogP contribution in [0.25, 0.3) is 0 Å². The molecule has 0 radical (unpaired) electrons. The van der Waals surface area contributed by atoms with Crippen molar-refractivity contribution < 1.29 is 14.3 Å². The van der Waals surface area contributed by atoms with Gasteiger partial charge in [-0.3, -0.25) is 4.79 Å². The molecule has 0 fully saturated rings. The molecular weight excluding hydrogens is 314 g/mol. The maximum Gasteiger partial charge on any atom is 0.338 e. The van der Waals surface area contributed by atoms with E-state index in [4.69, 9.17) is 4.74 Å². The zero-order valence-electron chi connectivity index (χ0n) is 14.7. The average molecular weight is 337 g/mol. The second kappa shape index (κ2) is 7.09. The lowest BCUT2D eigenvalue weighted by Crippen LogP contribution is -2.26. The van der Waals surface area contributed by atoms with E-state index in [0.29, 0.717) is 24.3 Å². The molecule has 0 heterocycles. The van der Waals surface area contributed by atoms with Crippen molar-refractivity contribution in [3.8, 4) is 0 Å². The number of carbonyl (C=O) groups excluding carboxylic acids is 2. The van der Waals surface area contributed by atoms with Gasteiger partial charge >= 0.3 is 5.97 Å². The van der Waals surface area contributed by atoms with E-state index in [1.165, 1.54) is 11.1 Å². The molecule has 130 valence electrons. The number of amides is 1. The number of fused-ring (bicyclic) bond motifs is 1. The van der Waals surface area contributed by atoms with Crippen molar-refractivity contribution in [1.82, 2.24) is 0 Å². The van der Waals surface area contributed by atoms with E-state index in [0.717, 1.165) is 12.8 Å². The predicted molar refractivity (Wildman–Crippen MR) is 97.6 cm³/mol. The number of rotatable bonds is 5. The van der Waals surface area contributed by atoms with Gasteiger partial charge in [0.15, 0.2) is 0 Å². The minimum atomic E-state index is -0.357. The SMILES string of the molecule is CCC(=O)Nc1cccc(C(=O)OCC2(C)Cc3ccccc3C2)c1. The van der Waals surface area contributed by atoms with Gasteiger partial charge in [0.05, 0.1) is 12.2 Å². The summed E-state index contributed by atoms with van der Waals surface area (Å²) in [6, 6.07) is 15.2. The molecule has 1 aliphatic rings. The highest BCUT2D eigenvalue weighted by molar-refractivity contribution is 5.94. The first-order valence-corrected chi connectivity index (χ1v) is 8.63. The number of hydrogen-bond donors (Lipinski definition) is 1. The molecular formula is C21H23NO3. The fourth-order valence-corrected chi connectivity index (χ4v) is 3.28. The van der Waals surface area contributed by atoms with Gasteiger partial charge in [-0.1, -0.05) is 44.2 Å². The molecule has 0 aliphatic heterocycles. The van der Waals surface area contributed by atoms with Crippen LogP contribution in [0.4, 0.5) is 5.69 Å². The topological polar surface area (TPSA) is 55.4 Å². The highest BCUT2D eigenvalue weighted by atomic mass is 16.5. The molecule has 0 bridgehead atoms. The summed E-state index contributed by atoms with van der Waals surface area (Å²) in [4.78, 5) is 23.9. The van der Waals surface area contributed by atoms with Crippen LogP contribution in [0.3, 0.4) is 0 Å².